The first-order valence-electron chi connectivity index (χ1n) is 6.15. The number of benzene rings is 2. The van der Waals surface area contributed by atoms with Gasteiger partial charge in [0.15, 0.2) is 0 Å². The zero-order valence-electron chi connectivity index (χ0n) is 11.1. The largest absolute Gasteiger partial charge is 0.483 e. The Labute approximate surface area is 119 Å². The average molecular weight is 264 g/mol. The van der Waals surface area contributed by atoms with Crippen LogP contribution in [-0.4, -0.2) is 11.6 Å². The van der Waals surface area contributed by atoms with E-state index < -0.39 is 0 Å². The molecule has 2 aromatic carbocycles. The van der Waals surface area contributed by atoms with E-state index in [0.29, 0.717) is 0 Å². The fourth-order valence-electron chi connectivity index (χ4n) is 1.64. The van der Waals surface area contributed by atoms with Gasteiger partial charge in [-0.15, -0.1) is 6.58 Å². The quantitative estimate of drug-likeness (QED) is 0.512. The maximum absolute atomic E-state index is 8.36. The highest BCUT2D eigenvalue weighted by molar-refractivity contribution is 5.46. The average Bonchev–Trinajstić information content (AvgIpc) is 2.49. The first kappa shape index (κ1) is 15.3. The molecular formula is C18H16O2. The van der Waals surface area contributed by atoms with Crippen molar-refractivity contribution in [3.05, 3.63) is 83.9 Å². The molecule has 2 rings (SSSR count). The van der Waals surface area contributed by atoms with Gasteiger partial charge in [-0.05, 0) is 30.2 Å². The Morgan fingerprint density at radius 2 is 1.60 bits per heavy atom. The van der Waals surface area contributed by atoms with Crippen LogP contribution < -0.4 is 0 Å². The zero-order valence-corrected chi connectivity index (χ0v) is 11.1. The van der Waals surface area contributed by atoms with Gasteiger partial charge in [-0.1, -0.05) is 54.3 Å². The van der Waals surface area contributed by atoms with E-state index >= 15 is 0 Å². The van der Waals surface area contributed by atoms with Crippen molar-refractivity contribution >= 4 is 6.47 Å². The molecule has 2 heteroatoms. The van der Waals surface area contributed by atoms with Crippen molar-refractivity contribution in [2.75, 3.05) is 0 Å². The SMILES string of the molecule is C=CCc1ccccc1C#Cc1ccccc1.O=CO. The predicted octanol–water partition coefficient (Wildman–Crippen LogP) is 3.52. The molecule has 0 atom stereocenters. The van der Waals surface area contributed by atoms with Crippen molar-refractivity contribution in [2.24, 2.45) is 0 Å². The number of carbonyl (C=O) groups is 1. The van der Waals surface area contributed by atoms with Crippen molar-refractivity contribution in [3.63, 3.8) is 0 Å². The predicted molar refractivity (Wildman–Crippen MR) is 81.5 cm³/mol. The Kier molecular flexibility index (Phi) is 7.01. The van der Waals surface area contributed by atoms with Crippen LogP contribution in [0.1, 0.15) is 16.7 Å². The van der Waals surface area contributed by atoms with E-state index in [2.05, 4.69) is 30.6 Å². The van der Waals surface area contributed by atoms with Crippen molar-refractivity contribution < 1.29 is 9.90 Å². The van der Waals surface area contributed by atoms with Crippen LogP contribution in [-0.2, 0) is 11.2 Å². The lowest BCUT2D eigenvalue weighted by Crippen LogP contribution is -1.86. The molecule has 0 amide bonds. The molecule has 0 radical (unpaired) electrons. The minimum absolute atomic E-state index is 0.250. The van der Waals surface area contributed by atoms with Gasteiger partial charge in [0, 0.05) is 11.1 Å². The summed E-state index contributed by atoms with van der Waals surface area (Å²) in [6.07, 6.45) is 2.77. The maximum Gasteiger partial charge on any atom is 0.290 e. The molecule has 0 saturated heterocycles. The van der Waals surface area contributed by atoms with Crippen molar-refractivity contribution in [1.82, 2.24) is 0 Å². The first-order valence-corrected chi connectivity index (χ1v) is 6.15. The number of allylic oxidation sites excluding steroid dienone is 1. The summed E-state index contributed by atoms with van der Waals surface area (Å²) in [6.45, 7) is 3.52. The molecule has 2 aromatic rings. The molecule has 0 heterocycles. The third-order valence-corrected chi connectivity index (χ3v) is 2.50. The summed E-state index contributed by atoms with van der Waals surface area (Å²) in [5.41, 5.74) is 3.35. The van der Waals surface area contributed by atoms with Crippen LogP contribution in [0.3, 0.4) is 0 Å². The molecule has 0 aliphatic rings. The summed E-state index contributed by atoms with van der Waals surface area (Å²) < 4.78 is 0. The van der Waals surface area contributed by atoms with Crippen LogP contribution >= 0.6 is 0 Å². The van der Waals surface area contributed by atoms with E-state index in [4.69, 9.17) is 9.90 Å². The lowest BCUT2D eigenvalue weighted by atomic mass is 10.0. The van der Waals surface area contributed by atoms with E-state index in [0.717, 1.165) is 17.5 Å². The molecule has 1 N–H and O–H groups in total. The molecule has 0 unspecified atom stereocenters. The summed E-state index contributed by atoms with van der Waals surface area (Å²) in [5, 5.41) is 6.89. The monoisotopic (exact) mass is 264 g/mol. The van der Waals surface area contributed by atoms with E-state index in [1.807, 2.05) is 48.5 Å². The van der Waals surface area contributed by atoms with E-state index in [1.165, 1.54) is 5.56 Å². The van der Waals surface area contributed by atoms with Crippen molar-refractivity contribution in [2.45, 2.75) is 6.42 Å². The number of hydrogen-bond acceptors (Lipinski definition) is 1. The second-order valence-electron chi connectivity index (χ2n) is 3.87. The number of carboxylic acid groups (broad SMARTS) is 1. The van der Waals surface area contributed by atoms with Gasteiger partial charge in [-0.3, -0.25) is 4.79 Å². The van der Waals surface area contributed by atoms with Crippen LogP contribution in [0, 0.1) is 11.8 Å². The molecule has 100 valence electrons. The topological polar surface area (TPSA) is 37.3 Å². The second kappa shape index (κ2) is 9.18. The maximum atomic E-state index is 8.36. The molecule has 0 aliphatic carbocycles. The van der Waals surface area contributed by atoms with Crippen LogP contribution in [0.4, 0.5) is 0 Å². The van der Waals surface area contributed by atoms with Gasteiger partial charge in [-0.2, -0.15) is 0 Å². The van der Waals surface area contributed by atoms with Crippen molar-refractivity contribution in [3.8, 4) is 11.8 Å². The molecule has 20 heavy (non-hydrogen) atoms. The standard InChI is InChI=1S/C17H14.CH2O2/c1-2-8-16-11-6-7-12-17(16)14-13-15-9-4-3-5-10-15;2-1-3/h2-7,9-12H,1,8H2;1H,(H,2,3). The summed E-state index contributed by atoms with van der Waals surface area (Å²) >= 11 is 0. The number of hydrogen-bond donors (Lipinski definition) is 1. The fourth-order valence-corrected chi connectivity index (χ4v) is 1.64. The van der Waals surface area contributed by atoms with Crippen molar-refractivity contribution in [1.29, 1.82) is 0 Å². The van der Waals surface area contributed by atoms with Gasteiger partial charge in [0.2, 0.25) is 0 Å². The molecule has 0 fully saturated rings. The van der Waals surface area contributed by atoms with E-state index in [-0.39, 0.29) is 6.47 Å². The van der Waals surface area contributed by atoms with Gasteiger partial charge in [0.05, 0.1) is 0 Å². The Morgan fingerprint density at radius 3 is 2.25 bits per heavy atom. The van der Waals surface area contributed by atoms with Crippen LogP contribution in [0.15, 0.2) is 67.3 Å². The van der Waals surface area contributed by atoms with Gasteiger partial charge in [-0.25, -0.2) is 0 Å². The van der Waals surface area contributed by atoms with Crippen LogP contribution in [0.2, 0.25) is 0 Å². The van der Waals surface area contributed by atoms with Gasteiger partial charge >= 0.3 is 0 Å². The highest BCUT2D eigenvalue weighted by Gasteiger charge is 1.95. The lowest BCUT2D eigenvalue weighted by Gasteiger charge is -1.99. The molecule has 0 bridgehead atoms. The number of rotatable bonds is 2. The second-order valence-corrected chi connectivity index (χ2v) is 3.87. The molecule has 0 spiro atoms. The van der Waals surface area contributed by atoms with Gasteiger partial charge < -0.3 is 5.11 Å². The normalized spacial score (nSPS) is 8.40. The third-order valence-electron chi connectivity index (χ3n) is 2.50. The van der Waals surface area contributed by atoms with Gasteiger partial charge in [0.25, 0.3) is 6.47 Å². The highest BCUT2D eigenvalue weighted by Crippen LogP contribution is 2.08. The summed E-state index contributed by atoms with van der Waals surface area (Å²) in [5.74, 6) is 6.39. The lowest BCUT2D eigenvalue weighted by molar-refractivity contribution is -0.122. The van der Waals surface area contributed by atoms with Gasteiger partial charge in [0.1, 0.15) is 0 Å². The zero-order chi connectivity index (χ0) is 14.6. The van der Waals surface area contributed by atoms with E-state index in [9.17, 15) is 0 Å². The van der Waals surface area contributed by atoms with Crippen LogP contribution in [0.5, 0.6) is 0 Å². The molecule has 0 aromatic heterocycles. The molecule has 2 nitrogen and oxygen atoms in total. The Bertz CT molecular complexity index is 604. The minimum Gasteiger partial charge on any atom is -0.483 e. The Hall–Kier alpha value is -2.79. The summed E-state index contributed by atoms with van der Waals surface area (Å²) in [6, 6.07) is 18.2. The fraction of sp³-hybridized carbons (Fsp3) is 0.0556. The van der Waals surface area contributed by atoms with Crippen LogP contribution in [0.25, 0.3) is 0 Å². The minimum atomic E-state index is -0.250. The molecular weight excluding hydrogens is 248 g/mol. The third kappa shape index (κ3) is 5.24. The highest BCUT2D eigenvalue weighted by atomic mass is 16.3. The van der Waals surface area contributed by atoms with E-state index in [1.54, 1.807) is 0 Å². The summed E-state index contributed by atoms with van der Waals surface area (Å²) in [4.78, 5) is 8.36. The first-order chi connectivity index (χ1) is 9.81. The Balaban J connectivity index is 0.000000612. The molecule has 0 aliphatic heterocycles. The smallest absolute Gasteiger partial charge is 0.290 e. The Morgan fingerprint density at radius 1 is 1.00 bits per heavy atom. The summed E-state index contributed by atoms with van der Waals surface area (Å²) in [7, 11) is 0. The molecule has 0 saturated carbocycles.